The van der Waals surface area contributed by atoms with E-state index in [1.165, 1.54) is 49.6 Å². The minimum Gasteiger partial charge on any atom is -0.465 e. The van der Waals surface area contributed by atoms with Crippen LogP contribution in [0.3, 0.4) is 0 Å². The van der Waals surface area contributed by atoms with Crippen LogP contribution in [0, 0.1) is 0 Å². The number of carbonyl (C=O) groups excluding carboxylic acids is 3. The first-order valence-electron chi connectivity index (χ1n) is 9.55. The van der Waals surface area contributed by atoms with E-state index in [9.17, 15) is 22.8 Å². The lowest BCUT2D eigenvalue weighted by molar-refractivity contribution is -0.117. The number of nitrogens with zero attached hydrogens (tertiary/aromatic N) is 2. The summed E-state index contributed by atoms with van der Waals surface area (Å²) >= 11 is 0. The normalized spacial score (nSPS) is 15.1. The maximum atomic E-state index is 12.9. The summed E-state index contributed by atoms with van der Waals surface area (Å²) in [5.74, 6) is -1.67. The van der Waals surface area contributed by atoms with Crippen LogP contribution in [0.5, 0.6) is 0 Å². The summed E-state index contributed by atoms with van der Waals surface area (Å²) in [6.07, 6.45) is 3.15. The molecule has 0 radical (unpaired) electrons. The van der Waals surface area contributed by atoms with Gasteiger partial charge < -0.3 is 9.30 Å². The Morgan fingerprint density at radius 2 is 1.64 bits per heavy atom. The number of hydrogen-bond acceptors (Lipinski definition) is 6. The molecule has 3 N–H and O–H groups in total. The molecule has 10 nitrogen and oxygen atoms in total. The number of aromatic nitrogens is 1. The predicted octanol–water partition coefficient (Wildman–Crippen LogP) is 1.37. The fourth-order valence-corrected chi connectivity index (χ4v) is 3.81. The molecule has 3 aromatic rings. The molecule has 1 saturated heterocycles. The van der Waals surface area contributed by atoms with Gasteiger partial charge in [0.25, 0.3) is 11.8 Å². The number of nitrogens with two attached hydrogens (primary N) is 1. The summed E-state index contributed by atoms with van der Waals surface area (Å²) in [6, 6.07) is 15.3. The molecule has 0 bridgehead atoms. The van der Waals surface area contributed by atoms with E-state index in [1.54, 1.807) is 35.0 Å². The Balaban J connectivity index is 1.62. The number of esters is 1. The molecule has 0 unspecified atom stereocenters. The minimum absolute atomic E-state index is 0.0301. The van der Waals surface area contributed by atoms with E-state index in [0.29, 0.717) is 22.6 Å². The van der Waals surface area contributed by atoms with Gasteiger partial charge >= 0.3 is 5.97 Å². The predicted molar refractivity (Wildman–Crippen MR) is 119 cm³/mol. The molecule has 0 spiro atoms. The van der Waals surface area contributed by atoms with Gasteiger partial charge in [-0.05, 0) is 66.7 Å². The quantitative estimate of drug-likeness (QED) is 0.331. The zero-order valence-electron chi connectivity index (χ0n) is 17.3. The van der Waals surface area contributed by atoms with Crippen molar-refractivity contribution in [3.05, 3.63) is 83.7 Å². The Bertz CT molecular complexity index is 1390. The first-order chi connectivity index (χ1) is 15.7. The number of amides is 2. The van der Waals surface area contributed by atoms with Crippen LogP contribution < -0.4 is 15.6 Å². The van der Waals surface area contributed by atoms with Crippen molar-refractivity contribution in [2.45, 2.75) is 4.90 Å². The largest absolute Gasteiger partial charge is 0.465 e. The molecule has 1 aliphatic rings. The number of nitrogens with one attached hydrogen (secondary N) is 1. The Morgan fingerprint density at radius 3 is 2.24 bits per heavy atom. The molecule has 0 saturated carbocycles. The standard InChI is InChI=1S/C22H18N4O6S/c1-32-22(29)14-4-6-16(7-5-14)26-21(28)19(20(27)24-26)13-17-3-2-12-25(17)15-8-10-18(11-9-15)33(23,30)31/h2-13H,1H3,(H,24,27)(H2,23,30,31)/b19-13-. The number of hydrogen-bond donors (Lipinski definition) is 2. The SMILES string of the molecule is COC(=O)c1ccc(N2NC(=O)/C(=C/c3cccn3-c3ccc(S(N)(=O)=O)cc3)C2=O)cc1. The molecule has 2 heterocycles. The number of rotatable bonds is 5. The average molecular weight is 466 g/mol. The second-order valence-corrected chi connectivity index (χ2v) is 8.58. The zero-order valence-corrected chi connectivity index (χ0v) is 18.1. The number of hydrazine groups is 1. The minimum atomic E-state index is -3.82. The highest BCUT2D eigenvalue weighted by atomic mass is 32.2. The van der Waals surface area contributed by atoms with Gasteiger partial charge in [0.2, 0.25) is 10.0 Å². The van der Waals surface area contributed by atoms with Crippen molar-refractivity contribution in [2.24, 2.45) is 5.14 Å². The van der Waals surface area contributed by atoms with Crippen LogP contribution in [-0.4, -0.2) is 37.9 Å². The summed E-state index contributed by atoms with van der Waals surface area (Å²) in [4.78, 5) is 37.0. The summed E-state index contributed by atoms with van der Waals surface area (Å²) in [6.45, 7) is 0. The second-order valence-electron chi connectivity index (χ2n) is 7.02. The van der Waals surface area contributed by atoms with E-state index >= 15 is 0 Å². The first-order valence-corrected chi connectivity index (χ1v) is 11.1. The lowest BCUT2D eigenvalue weighted by Crippen LogP contribution is -2.35. The smallest absolute Gasteiger partial charge is 0.337 e. The third-order valence-electron chi connectivity index (χ3n) is 4.95. The molecule has 168 valence electrons. The number of primary sulfonamides is 1. The lowest BCUT2D eigenvalue weighted by Gasteiger charge is -2.14. The highest BCUT2D eigenvalue weighted by molar-refractivity contribution is 7.89. The van der Waals surface area contributed by atoms with Gasteiger partial charge in [-0.1, -0.05) is 0 Å². The summed E-state index contributed by atoms with van der Waals surface area (Å²) in [5.41, 5.74) is 4.23. The maximum Gasteiger partial charge on any atom is 0.337 e. The molecule has 33 heavy (non-hydrogen) atoms. The number of benzene rings is 2. The third-order valence-corrected chi connectivity index (χ3v) is 5.88. The topological polar surface area (TPSA) is 141 Å². The van der Waals surface area contributed by atoms with Crippen molar-refractivity contribution in [1.82, 2.24) is 9.99 Å². The van der Waals surface area contributed by atoms with Crippen LogP contribution in [0.4, 0.5) is 5.69 Å². The monoisotopic (exact) mass is 466 g/mol. The highest BCUT2D eigenvalue weighted by Crippen LogP contribution is 2.24. The van der Waals surface area contributed by atoms with E-state index in [0.717, 1.165) is 5.01 Å². The fraction of sp³-hybridized carbons (Fsp3) is 0.0455. The Morgan fingerprint density at radius 1 is 1.00 bits per heavy atom. The molecular formula is C22H18N4O6S. The number of sulfonamides is 1. The molecule has 4 rings (SSSR count). The second kappa shape index (κ2) is 8.37. The van der Waals surface area contributed by atoms with Crippen LogP contribution in [0.25, 0.3) is 11.8 Å². The van der Waals surface area contributed by atoms with Gasteiger partial charge in [-0.15, -0.1) is 0 Å². The molecule has 1 aromatic heterocycles. The number of carbonyl (C=O) groups is 3. The van der Waals surface area contributed by atoms with Crippen molar-refractivity contribution in [1.29, 1.82) is 0 Å². The van der Waals surface area contributed by atoms with Crippen LogP contribution in [0.2, 0.25) is 0 Å². The van der Waals surface area contributed by atoms with E-state index < -0.39 is 27.8 Å². The number of ether oxygens (including phenoxy) is 1. The van der Waals surface area contributed by atoms with Crippen LogP contribution in [0.1, 0.15) is 16.1 Å². The Hall–Kier alpha value is -4.22. The molecule has 2 amide bonds. The molecule has 2 aromatic carbocycles. The van der Waals surface area contributed by atoms with Crippen molar-refractivity contribution < 1.29 is 27.5 Å². The highest BCUT2D eigenvalue weighted by Gasteiger charge is 2.34. The Labute approximate surface area is 188 Å². The average Bonchev–Trinajstić information content (AvgIpc) is 3.38. The molecule has 1 fully saturated rings. The van der Waals surface area contributed by atoms with Gasteiger partial charge in [-0.3, -0.25) is 15.0 Å². The van der Waals surface area contributed by atoms with Crippen LogP contribution in [-0.2, 0) is 24.3 Å². The fourth-order valence-electron chi connectivity index (χ4n) is 3.29. The van der Waals surface area contributed by atoms with Crippen molar-refractivity contribution in [2.75, 3.05) is 12.1 Å². The van der Waals surface area contributed by atoms with Gasteiger partial charge in [0.1, 0.15) is 5.57 Å². The number of methoxy groups -OCH3 is 1. The maximum absolute atomic E-state index is 12.9. The number of anilines is 1. The van der Waals surface area contributed by atoms with E-state index in [-0.39, 0.29) is 10.5 Å². The van der Waals surface area contributed by atoms with Gasteiger partial charge in [0.15, 0.2) is 0 Å². The molecular weight excluding hydrogens is 448 g/mol. The van der Waals surface area contributed by atoms with Gasteiger partial charge in [0.05, 0.1) is 23.3 Å². The molecule has 1 aliphatic heterocycles. The summed E-state index contributed by atoms with van der Waals surface area (Å²) in [5, 5.41) is 6.22. The van der Waals surface area contributed by atoms with E-state index in [2.05, 4.69) is 10.2 Å². The van der Waals surface area contributed by atoms with Crippen LogP contribution >= 0.6 is 0 Å². The lowest BCUT2D eigenvalue weighted by atomic mass is 10.2. The molecule has 0 aliphatic carbocycles. The zero-order chi connectivity index (χ0) is 23.8. The molecule has 11 heteroatoms. The van der Waals surface area contributed by atoms with Crippen LogP contribution in [0.15, 0.2) is 77.3 Å². The van der Waals surface area contributed by atoms with Gasteiger partial charge in [-0.25, -0.2) is 23.4 Å². The van der Waals surface area contributed by atoms with E-state index in [4.69, 9.17) is 5.14 Å². The van der Waals surface area contributed by atoms with Gasteiger partial charge in [-0.2, -0.15) is 0 Å². The first kappa shape index (κ1) is 22.0. The van der Waals surface area contributed by atoms with Crippen molar-refractivity contribution in [3.8, 4) is 5.69 Å². The van der Waals surface area contributed by atoms with E-state index in [1.807, 2.05) is 0 Å². The van der Waals surface area contributed by atoms with Gasteiger partial charge in [0, 0.05) is 17.6 Å². The third kappa shape index (κ3) is 4.27. The van der Waals surface area contributed by atoms with Crippen molar-refractivity contribution in [3.63, 3.8) is 0 Å². The Kier molecular flexibility index (Phi) is 5.58. The molecule has 0 atom stereocenters. The summed E-state index contributed by atoms with van der Waals surface area (Å²) < 4.78 is 29.3. The van der Waals surface area contributed by atoms with Crippen molar-refractivity contribution >= 4 is 39.6 Å². The summed E-state index contributed by atoms with van der Waals surface area (Å²) in [7, 11) is -2.56.